The Morgan fingerprint density at radius 1 is 1.25 bits per heavy atom. The van der Waals surface area contributed by atoms with Gasteiger partial charge in [-0.3, -0.25) is 4.79 Å². The van der Waals surface area contributed by atoms with E-state index in [4.69, 9.17) is 0 Å². The predicted molar refractivity (Wildman–Crippen MR) is 96.6 cm³/mol. The first kappa shape index (κ1) is 15.4. The monoisotopic (exact) mass is 340 g/mol. The van der Waals surface area contributed by atoms with Gasteiger partial charge in [0.15, 0.2) is 5.16 Å². The molecule has 0 aliphatic carbocycles. The Labute approximate surface area is 146 Å². The highest BCUT2D eigenvalue weighted by Crippen LogP contribution is 2.31. The number of aromatic nitrogens is 2. The summed E-state index contributed by atoms with van der Waals surface area (Å²) < 4.78 is 0. The van der Waals surface area contributed by atoms with Crippen molar-refractivity contribution in [2.24, 2.45) is 5.92 Å². The number of thioether (sulfide) groups is 1. The van der Waals surface area contributed by atoms with Gasteiger partial charge in [0.25, 0.3) is 0 Å². The SMILES string of the molecule is CSc1nccc(N2CCC(C(=O)N3CCc4ccccc43)C2)n1. The van der Waals surface area contributed by atoms with Gasteiger partial charge in [-0.15, -0.1) is 0 Å². The third-order valence-electron chi connectivity index (χ3n) is 4.82. The lowest BCUT2D eigenvalue weighted by molar-refractivity contribution is -0.121. The normalized spacial score (nSPS) is 19.6. The van der Waals surface area contributed by atoms with Crippen molar-refractivity contribution in [1.29, 1.82) is 0 Å². The van der Waals surface area contributed by atoms with Gasteiger partial charge in [-0.2, -0.15) is 0 Å². The van der Waals surface area contributed by atoms with E-state index in [0.717, 1.165) is 49.1 Å². The molecule has 3 heterocycles. The first-order valence-electron chi connectivity index (χ1n) is 8.27. The van der Waals surface area contributed by atoms with Crippen LogP contribution < -0.4 is 9.80 Å². The molecule has 24 heavy (non-hydrogen) atoms. The van der Waals surface area contributed by atoms with Crippen LogP contribution in [0, 0.1) is 5.92 Å². The zero-order chi connectivity index (χ0) is 16.5. The molecule has 6 heteroatoms. The number of hydrogen-bond acceptors (Lipinski definition) is 5. The molecule has 5 nitrogen and oxygen atoms in total. The number of nitrogens with zero attached hydrogens (tertiary/aromatic N) is 4. The van der Waals surface area contributed by atoms with Crippen molar-refractivity contribution in [3.63, 3.8) is 0 Å². The van der Waals surface area contributed by atoms with Gasteiger partial charge in [-0.25, -0.2) is 9.97 Å². The quantitative estimate of drug-likeness (QED) is 0.635. The van der Waals surface area contributed by atoms with E-state index < -0.39 is 0 Å². The first-order valence-corrected chi connectivity index (χ1v) is 9.50. The molecule has 0 saturated carbocycles. The van der Waals surface area contributed by atoms with Crippen LogP contribution in [0.25, 0.3) is 0 Å². The average molecular weight is 340 g/mol. The number of amides is 1. The van der Waals surface area contributed by atoms with Crippen molar-refractivity contribution in [3.05, 3.63) is 42.1 Å². The maximum absolute atomic E-state index is 13.0. The molecule has 4 rings (SSSR count). The number of para-hydroxylation sites is 1. The molecule has 2 aromatic rings. The highest BCUT2D eigenvalue weighted by Gasteiger charge is 2.34. The van der Waals surface area contributed by atoms with Crippen LogP contribution in [0.1, 0.15) is 12.0 Å². The van der Waals surface area contributed by atoms with Gasteiger partial charge in [-0.05, 0) is 36.8 Å². The molecular formula is C18H20N4OS. The van der Waals surface area contributed by atoms with Crippen LogP contribution in [0.2, 0.25) is 0 Å². The van der Waals surface area contributed by atoms with Crippen LogP contribution in [0.3, 0.4) is 0 Å². The summed E-state index contributed by atoms with van der Waals surface area (Å²) in [6.45, 7) is 2.41. The number of benzene rings is 1. The summed E-state index contributed by atoms with van der Waals surface area (Å²) in [7, 11) is 0. The van der Waals surface area contributed by atoms with Crippen LogP contribution in [-0.4, -0.2) is 41.8 Å². The van der Waals surface area contributed by atoms with Crippen molar-refractivity contribution in [2.45, 2.75) is 18.0 Å². The van der Waals surface area contributed by atoms with Gasteiger partial charge in [-0.1, -0.05) is 30.0 Å². The molecule has 1 saturated heterocycles. The van der Waals surface area contributed by atoms with E-state index >= 15 is 0 Å². The molecule has 1 aromatic heterocycles. The smallest absolute Gasteiger partial charge is 0.231 e. The van der Waals surface area contributed by atoms with Crippen LogP contribution in [-0.2, 0) is 11.2 Å². The van der Waals surface area contributed by atoms with Crippen molar-refractivity contribution >= 4 is 29.2 Å². The molecule has 1 amide bonds. The zero-order valence-electron chi connectivity index (χ0n) is 13.7. The highest BCUT2D eigenvalue weighted by molar-refractivity contribution is 7.98. The van der Waals surface area contributed by atoms with E-state index in [9.17, 15) is 4.79 Å². The minimum Gasteiger partial charge on any atom is -0.356 e. The Hall–Kier alpha value is -2.08. The predicted octanol–water partition coefficient (Wildman–Crippen LogP) is 2.61. The van der Waals surface area contributed by atoms with E-state index in [1.807, 2.05) is 29.4 Å². The summed E-state index contributed by atoms with van der Waals surface area (Å²) in [5.74, 6) is 1.22. The molecule has 1 aromatic carbocycles. The van der Waals surface area contributed by atoms with E-state index in [1.54, 1.807) is 6.20 Å². The Morgan fingerprint density at radius 3 is 3.00 bits per heavy atom. The van der Waals surface area contributed by atoms with Crippen LogP contribution >= 0.6 is 11.8 Å². The number of fused-ring (bicyclic) bond motifs is 1. The lowest BCUT2D eigenvalue weighted by Crippen LogP contribution is -2.36. The minimum atomic E-state index is 0.0452. The van der Waals surface area contributed by atoms with Gasteiger partial charge in [0.1, 0.15) is 5.82 Å². The fraction of sp³-hybridized carbons (Fsp3) is 0.389. The number of carbonyl (C=O) groups excluding carboxylic acids is 1. The number of rotatable bonds is 3. The summed E-state index contributed by atoms with van der Waals surface area (Å²) >= 11 is 1.54. The highest BCUT2D eigenvalue weighted by atomic mass is 32.2. The third kappa shape index (κ3) is 2.75. The molecule has 2 aliphatic rings. The molecule has 0 spiro atoms. The maximum Gasteiger partial charge on any atom is 0.231 e. The fourth-order valence-electron chi connectivity index (χ4n) is 3.56. The van der Waals surface area contributed by atoms with Crippen LogP contribution in [0.5, 0.6) is 0 Å². The Morgan fingerprint density at radius 2 is 2.12 bits per heavy atom. The van der Waals surface area contributed by atoms with E-state index in [2.05, 4.69) is 27.0 Å². The summed E-state index contributed by atoms with van der Waals surface area (Å²) in [6, 6.07) is 10.2. The topological polar surface area (TPSA) is 49.3 Å². The Kier molecular flexibility index (Phi) is 4.14. The second-order valence-electron chi connectivity index (χ2n) is 6.20. The second kappa shape index (κ2) is 6.43. The molecule has 1 atom stereocenters. The van der Waals surface area contributed by atoms with Gasteiger partial charge >= 0.3 is 0 Å². The largest absolute Gasteiger partial charge is 0.356 e. The molecule has 2 aliphatic heterocycles. The Balaban J connectivity index is 1.48. The lowest BCUT2D eigenvalue weighted by atomic mass is 10.1. The molecule has 1 fully saturated rings. The fourth-order valence-corrected chi connectivity index (χ4v) is 3.91. The lowest BCUT2D eigenvalue weighted by Gasteiger charge is -2.22. The van der Waals surface area contributed by atoms with Gasteiger partial charge < -0.3 is 9.80 Å². The number of carbonyl (C=O) groups is 1. The summed E-state index contributed by atoms with van der Waals surface area (Å²) in [5.41, 5.74) is 2.37. The van der Waals surface area contributed by atoms with Gasteiger partial charge in [0.2, 0.25) is 5.91 Å². The molecule has 0 N–H and O–H groups in total. The number of anilines is 2. The minimum absolute atomic E-state index is 0.0452. The zero-order valence-corrected chi connectivity index (χ0v) is 14.5. The standard InChI is InChI=1S/C18H20N4OS/c1-24-18-19-9-6-16(20-18)21-10-7-14(12-21)17(23)22-11-8-13-4-2-3-5-15(13)22/h2-6,9,14H,7-8,10-12H2,1H3. The third-order valence-corrected chi connectivity index (χ3v) is 5.38. The van der Waals surface area contributed by atoms with Crippen molar-refractivity contribution in [2.75, 3.05) is 35.7 Å². The maximum atomic E-state index is 13.0. The van der Waals surface area contributed by atoms with E-state index in [0.29, 0.717) is 0 Å². The molecule has 1 unspecified atom stereocenters. The van der Waals surface area contributed by atoms with Crippen molar-refractivity contribution in [3.8, 4) is 0 Å². The van der Waals surface area contributed by atoms with Crippen LogP contribution in [0.15, 0.2) is 41.7 Å². The average Bonchev–Trinajstić information content (AvgIpc) is 3.28. The molecular weight excluding hydrogens is 320 g/mol. The molecule has 0 radical (unpaired) electrons. The van der Waals surface area contributed by atoms with E-state index in [-0.39, 0.29) is 11.8 Å². The second-order valence-corrected chi connectivity index (χ2v) is 6.98. The van der Waals surface area contributed by atoms with E-state index in [1.165, 1.54) is 17.3 Å². The van der Waals surface area contributed by atoms with Gasteiger partial charge in [0, 0.05) is 31.5 Å². The molecule has 0 bridgehead atoms. The Bertz CT molecular complexity index is 766. The van der Waals surface area contributed by atoms with Crippen LogP contribution in [0.4, 0.5) is 11.5 Å². The first-order chi connectivity index (χ1) is 11.8. The van der Waals surface area contributed by atoms with Gasteiger partial charge in [0.05, 0.1) is 5.92 Å². The summed E-state index contributed by atoms with van der Waals surface area (Å²) in [6.07, 6.45) is 5.61. The summed E-state index contributed by atoms with van der Waals surface area (Å²) in [5, 5.41) is 0.774. The van der Waals surface area contributed by atoms with Crippen molar-refractivity contribution < 1.29 is 4.79 Å². The number of hydrogen-bond donors (Lipinski definition) is 0. The molecule has 124 valence electrons. The van der Waals surface area contributed by atoms with Crippen molar-refractivity contribution in [1.82, 2.24) is 9.97 Å². The summed E-state index contributed by atoms with van der Waals surface area (Å²) in [4.78, 5) is 25.9.